The third kappa shape index (κ3) is 6.44. The molecule has 0 spiro atoms. The summed E-state index contributed by atoms with van der Waals surface area (Å²) in [6.45, 7) is 2.64. The molecule has 0 unspecified atom stereocenters. The van der Waals surface area contributed by atoms with E-state index in [0.717, 1.165) is 33.6 Å². The van der Waals surface area contributed by atoms with E-state index in [9.17, 15) is 0 Å². The van der Waals surface area contributed by atoms with Gasteiger partial charge in [0.2, 0.25) is 0 Å². The molecule has 0 saturated carbocycles. The zero-order valence-corrected chi connectivity index (χ0v) is 18.9. The summed E-state index contributed by atoms with van der Waals surface area (Å²) >= 11 is 0. The van der Waals surface area contributed by atoms with Crippen molar-refractivity contribution in [3.05, 3.63) is 137 Å². The molecule has 4 rings (SSSR count). The molecule has 0 saturated heterocycles. The Bertz CT molecular complexity index is 1160. The zero-order valence-electron chi connectivity index (χ0n) is 18.9. The molecule has 1 nitrogen and oxygen atoms in total. The maximum absolute atomic E-state index is 6.14. The molecule has 0 aliphatic heterocycles. The van der Waals surface area contributed by atoms with Gasteiger partial charge in [-0.3, -0.25) is 0 Å². The Balaban J connectivity index is 1.77. The van der Waals surface area contributed by atoms with E-state index in [1.807, 2.05) is 25.1 Å². The molecule has 0 radical (unpaired) electrons. The summed E-state index contributed by atoms with van der Waals surface area (Å²) in [6.07, 6.45) is 12.8. The number of ether oxygens (including phenoxy) is 1. The second-order valence-corrected chi connectivity index (χ2v) is 7.69. The Kier molecular flexibility index (Phi) is 7.70. The summed E-state index contributed by atoms with van der Waals surface area (Å²) in [7, 11) is 0. The van der Waals surface area contributed by atoms with Crippen LogP contribution < -0.4 is 4.74 Å². The molecule has 162 valence electrons. The third-order valence-corrected chi connectivity index (χ3v) is 5.24. The molecular weight excluding hydrogens is 400 g/mol. The molecule has 0 fully saturated rings. The molecule has 4 aromatic carbocycles. The lowest BCUT2D eigenvalue weighted by molar-refractivity contribution is 0.339. The SMILES string of the molecule is CCOc1c(/C=C/c2ccccc2)cc(/C=C/c2ccccc2)cc1/C=C/c1ccccc1. The van der Waals surface area contributed by atoms with Crippen molar-refractivity contribution in [1.82, 2.24) is 0 Å². The normalized spacial score (nSPS) is 11.5. The van der Waals surface area contributed by atoms with Crippen LogP contribution in [0.4, 0.5) is 0 Å². The van der Waals surface area contributed by atoms with E-state index in [2.05, 4.69) is 121 Å². The minimum atomic E-state index is 0.609. The second kappa shape index (κ2) is 11.5. The Morgan fingerprint density at radius 3 is 1.24 bits per heavy atom. The molecule has 0 atom stereocenters. The van der Waals surface area contributed by atoms with Gasteiger partial charge < -0.3 is 4.74 Å². The minimum Gasteiger partial charge on any atom is -0.493 e. The number of hydrogen-bond donors (Lipinski definition) is 0. The first-order chi connectivity index (χ1) is 16.3. The molecule has 4 aromatic rings. The van der Waals surface area contributed by atoms with E-state index in [-0.39, 0.29) is 0 Å². The number of rotatable bonds is 8. The third-order valence-electron chi connectivity index (χ3n) is 5.24. The average Bonchev–Trinajstić information content (AvgIpc) is 2.88. The molecule has 33 heavy (non-hydrogen) atoms. The molecule has 0 amide bonds. The smallest absolute Gasteiger partial charge is 0.133 e. The maximum Gasteiger partial charge on any atom is 0.133 e. The zero-order chi connectivity index (χ0) is 22.7. The predicted molar refractivity (Wildman–Crippen MR) is 144 cm³/mol. The van der Waals surface area contributed by atoms with Gasteiger partial charge in [-0.15, -0.1) is 0 Å². The molecule has 0 aliphatic rings. The van der Waals surface area contributed by atoms with Crippen LogP contribution in [0.3, 0.4) is 0 Å². The first kappa shape index (κ1) is 22.1. The van der Waals surface area contributed by atoms with E-state index in [0.29, 0.717) is 6.61 Å². The van der Waals surface area contributed by atoms with Crippen molar-refractivity contribution in [3.8, 4) is 5.75 Å². The van der Waals surface area contributed by atoms with Crippen LogP contribution in [0.25, 0.3) is 36.5 Å². The highest BCUT2D eigenvalue weighted by atomic mass is 16.5. The van der Waals surface area contributed by atoms with Gasteiger partial charge in [-0.2, -0.15) is 0 Å². The fraction of sp³-hybridized carbons (Fsp3) is 0.0625. The van der Waals surface area contributed by atoms with Gasteiger partial charge in [-0.05, 0) is 41.3 Å². The van der Waals surface area contributed by atoms with Crippen molar-refractivity contribution >= 4 is 36.5 Å². The lowest BCUT2D eigenvalue weighted by Gasteiger charge is -2.13. The Hall–Kier alpha value is -4.10. The van der Waals surface area contributed by atoms with Crippen molar-refractivity contribution in [3.63, 3.8) is 0 Å². The lowest BCUT2D eigenvalue weighted by Crippen LogP contribution is -1.97. The van der Waals surface area contributed by atoms with Crippen molar-refractivity contribution < 1.29 is 4.74 Å². The summed E-state index contributed by atoms with van der Waals surface area (Å²) in [6, 6.07) is 35.4. The molecular formula is C32H28O. The van der Waals surface area contributed by atoms with Crippen molar-refractivity contribution in [2.45, 2.75) is 6.92 Å². The van der Waals surface area contributed by atoms with Gasteiger partial charge in [0.1, 0.15) is 5.75 Å². The van der Waals surface area contributed by atoms with Crippen LogP contribution in [-0.2, 0) is 0 Å². The largest absolute Gasteiger partial charge is 0.493 e. The van der Waals surface area contributed by atoms with Crippen molar-refractivity contribution in [2.75, 3.05) is 6.61 Å². The Labute approximate surface area is 197 Å². The summed E-state index contributed by atoms with van der Waals surface area (Å²) in [5.41, 5.74) is 6.74. The highest BCUT2D eigenvalue weighted by Crippen LogP contribution is 2.31. The van der Waals surface area contributed by atoms with E-state index in [1.165, 1.54) is 5.56 Å². The topological polar surface area (TPSA) is 9.23 Å². The monoisotopic (exact) mass is 428 g/mol. The minimum absolute atomic E-state index is 0.609. The Morgan fingerprint density at radius 2 is 0.848 bits per heavy atom. The Morgan fingerprint density at radius 1 is 0.485 bits per heavy atom. The molecule has 0 aromatic heterocycles. The van der Waals surface area contributed by atoms with Crippen LogP contribution in [0, 0.1) is 0 Å². The van der Waals surface area contributed by atoms with Gasteiger partial charge in [-0.1, -0.05) is 127 Å². The quantitative estimate of drug-likeness (QED) is 0.255. The average molecular weight is 429 g/mol. The first-order valence-electron chi connectivity index (χ1n) is 11.3. The van der Waals surface area contributed by atoms with Gasteiger partial charge in [0.25, 0.3) is 0 Å². The van der Waals surface area contributed by atoms with Crippen molar-refractivity contribution in [1.29, 1.82) is 0 Å². The highest BCUT2D eigenvalue weighted by molar-refractivity contribution is 5.83. The number of benzene rings is 4. The van der Waals surface area contributed by atoms with Gasteiger partial charge >= 0.3 is 0 Å². The van der Waals surface area contributed by atoms with Crippen molar-refractivity contribution in [2.24, 2.45) is 0 Å². The van der Waals surface area contributed by atoms with E-state index < -0.39 is 0 Å². The molecule has 0 heterocycles. The van der Waals surface area contributed by atoms with E-state index in [4.69, 9.17) is 4.74 Å². The summed E-state index contributed by atoms with van der Waals surface area (Å²) in [5, 5.41) is 0. The highest BCUT2D eigenvalue weighted by Gasteiger charge is 2.08. The van der Waals surface area contributed by atoms with Gasteiger partial charge in [-0.25, -0.2) is 0 Å². The van der Waals surface area contributed by atoms with E-state index >= 15 is 0 Å². The van der Waals surface area contributed by atoms with Crippen LogP contribution >= 0.6 is 0 Å². The molecule has 0 aliphatic carbocycles. The second-order valence-electron chi connectivity index (χ2n) is 7.69. The lowest BCUT2D eigenvalue weighted by atomic mass is 10.0. The standard InChI is InChI=1S/C32H28O/c1-2-33-32-30(22-20-27-14-8-4-9-15-27)24-29(19-18-26-12-6-3-7-13-26)25-31(32)23-21-28-16-10-5-11-17-28/h3-25H,2H2,1H3/b19-18+,22-20+,23-21+. The van der Waals surface area contributed by atoms with Gasteiger partial charge in [0, 0.05) is 11.1 Å². The van der Waals surface area contributed by atoms with Gasteiger partial charge in [0.05, 0.1) is 6.61 Å². The fourth-order valence-electron chi connectivity index (χ4n) is 3.61. The summed E-state index contributed by atoms with van der Waals surface area (Å²) < 4.78 is 6.14. The summed E-state index contributed by atoms with van der Waals surface area (Å²) in [4.78, 5) is 0. The van der Waals surface area contributed by atoms with Crippen LogP contribution in [0.2, 0.25) is 0 Å². The van der Waals surface area contributed by atoms with Gasteiger partial charge in [0.15, 0.2) is 0 Å². The fourth-order valence-corrected chi connectivity index (χ4v) is 3.61. The molecule has 0 N–H and O–H groups in total. The predicted octanol–water partition coefficient (Wildman–Crippen LogP) is 8.60. The molecule has 0 bridgehead atoms. The van der Waals surface area contributed by atoms with Crippen LogP contribution in [0.1, 0.15) is 40.3 Å². The summed E-state index contributed by atoms with van der Waals surface area (Å²) in [5.74, 6) is 0.897. The number of hydrogen-bond acceptors (Lipinski definition) is 1. The van der Waals surface area contributed by atoms with Crippen LogP contribution in [0.5, 0.6) is 5.75 Å². The van der Waals surface area contributed by atoms with Crippen LogP contribution in [0.15, 0.2) is 103 Å². The van der Waals surface area contributed by atoms with E-state index in [1.54, 1.807) is 0 Å². The first-order valence-corrected chi connectivity index (χ1v) is 11.3. The molecule has 1 heteroatoms. The maximum atomic E-state index is 6.14. The van der Waals surface area contributed by atoms with Crippen LogP contribution in [-0.4, -0.2) is 6.61 Å².